The fourth-order valence-electron chi connectivity index (χ4n) is 1.82. The highest BCUT2D eigenvalue weighted by molar-refractivity contribution is 5.37. The minimum atomic E-state index is -4.56. The molecule has 1 atom stereocenters. The Balaban J connectivity index is 2.52. The number of benzene rings is 1. The number of methoxy groups -OCH3 is 1. The number of aliphatic hydroxyl groups excluding tert-OH is 1. The summed E-state index contributed by atoms with van der Waals surface area (Å²) in [5, 5.41) is 10.2. The zero-order valence-electron chi connectivity index (χ0n) is 10.4. The molecule has 7 heteroatoms. The first kappa shape index (κ1) is 14.3. The number of rotatable bonds is 3. The van der Waals surface area contributed by atoms with E-state index in [4.69, 9.17) is 4.74 Å². The van der Waals surface area contributed by atoms with Crippen LogP contribution in [0.25, 0.3) is 0 Å². The molecule has 2 rings (SSSR count). The molecule has 0 bridgehead atoms. The highest BCUT2D eigenvalue weighted by Crippen LogP contribution is 2.37. The van der Waals surface area contributed by atoms with Gasteiger partial charge in [-0.3, -0.25) is 4.98 Å². The molecule has 1 heterocycles. The van der Waals surface area contributed by atoms with E-state index >= 15 is 0 Å². The maximum absolute atomic E-state index is 12.9. The number of aliphatic hydroxyl groups is 1. The third-order valence-corrected chi connectivity index (χ3v) is 2.70. The zero-order valence-corrected chi connectivity index (χ0v) is 10.4. The summed E-state index contributed by atoms with van der Waals surface area (Å²) in [6, 6.07) is 4.77. The lowest BCUT2D eigenvalue weighted by molar-refractivity contribution is -0.139. The van der Waals surface area contributed by atoms with E-state index in [1.807, 2.05) is 0 Å². The second-order valence-electron chi connectivity index (χ2n) is 3.94. The lowest BCUT2D eigenvalue weighted by Crippen LogP contribution is -2.14. The third kappa shape index (κ3) is 2.72. The van der Waals surface area contributed by atoms with Gasteiger partial charge in [-0.2, -0.15) is 13.2 Å². The van der Waals surface area contributed by atoms with Gasteiger partial charge in [0.2, 0.25) is 5.88 Å². The predicted octanol–water partition coefficient (Wildman–Crippen LogP) is 2.59. The molecule has 1 unspecified atom stereocenters. The van der Waals surface area contributed by atoms with Gasteiger partial charge in [-0.15, -0.1) is 0 Å². The van der Waals surface area contributed by atoms with E-state index in [-0.39, 0.29) is 17.1 Å². The molecule has 20 heavy (non-hydrogen) atoms. The van der Waals surface area contributed by atoms with Gasteiger partial charge in [-0.05, 0) is 11.6 Å². The van der Waals surface area contributed by atoms with Crippen LogP contribution in [0.5, 0.6) is 5.88 Å². The summed E-state index contributed by atoms with van der Waals surface area (Å²) < 4.78 is 43.7. The SMILES string of the molecule is COc1nccnc1C(O)c1ccccc1C(F)(F)F. The summed E-state index contributed by atoms with van der Waals surface area (Å²) in [7, 11) is 1.30. The second-order valence-corrected chi connectivity index (χ2v) is 3.94. The average Bonchev–Trinajstić information content (AvgIpc) is 2.45. The molecule has 2 aromatic rings. The summed E-state index contributed by atoms with van der Waals surface area (Å²) in [5.74, 6) is -0.0167. The number of aromatic nitrogens is 2. The van der Waals surface area contributed by atoms with Crippen LogP contribution in [0, 0.1) is 0 Å². The topological polar surface area (TPSA) is 55.2 Å². The number of halogens is 3. The Labute approximate surface area is 112 Å². The van der Waals surface area contributed by atoms with E-state index in [0.717, 1.165) is 6.07 Å². The van der Waals surface area contributed by atoms with Crippen LogP contribution >= 0.6 is 0 Å². The van der Waals surface area contributed by atoms with Gasteiger partial charge in [0.15, 0.2) is 0 Å². The van der Waals surface area contributed by atoms with Crippen molar-refractivity contribution in [1.29, 1.82) is 0 Å². The molecule has 0 spiro atoms. The monoisotopic (exact) mass is 284 g/mol. The first-order valence-electron chi connectivity index (χ1n) is 5.64. The van der Waals surface area contributed by atoms with Gasteiger partial charge < -0.3 is 9.84 Å². The molecule has 0 aliphatic carbocycles. The normalized spacial score (nSPS) is 13.1. The van der Waals surface area contributed by atoms with Gasteiger partial charge in [0.05, 0.1) is 12.7 Å². The van der Waals surface area contributed by atoms with E-state index in [2.05, 4.69) is 9.97 Å². The quantitative estimate of drug-likeness (QED) is 0.941. The average molecular weight is 284 g/mol. The molecule has 0 aliphatic rings. The maximum Gasteiger partial charge on any atom is 0.416 e. The van der Waals surface area contributed by atoms with E-state index in [1.54, 1.807) is 0 Å². The first-order valence-corrected chi connectivity index (χ1v) is 5.64. The molecule has 0 fully saturated rings. The van der Waals surface area contributed by atoms with Crippen molar-refractivity contribution in [3.63, 3.8) is 0 Å². The molecule has 0 aliphatic heterocycles. The molecular formula is C13H11F3N2O2. The fourth-order valence-corrected chi connectivity index (χ4v) is 1.82. The maximum atomic E-state index is 12.9. The molecule has 1 aromatic carbocycles. The molecule has 1 N–H and O–H groups in total. The Kier molecular flexibility index (Phi) is 3.89. The van der Waals surface area contributed by atoms with Crippen LogP contribution in [0.1, 0.15) is 22.9 Å². The highest BCUT2D eigenvalue weighted by Gasteiger charge is 2.35. The minimum Gasteiger partial charge on any atom is -0.480 e. The van der Waals surface area contributed by atoms with Gasteiger partial charge in [-0.25, -0.2) is 4.98 Å². The van der Waals surface area contributed by atoms with Crippen LogP contribution in [-0.2, 0) is 6.18 Å². The van der Waals surface area contributed by atoms with Crippen LogP contribution in [0.3, 0.4) is 0 Å². The number of hydrogen-bond acceptors (Lipinski definition) is 4. The van der Waals surface area contributed by atoms with Crippen molar-refractivity contribution >= 4 is 0 Å². The molecule has 4 nitrogen and oxygen atoms in total. The number of nitrogens with zero attached hydrogens (tertiary/aromatic N) is 2. The summed E-state index contributed by atoms with van der Waals surface area (Å²) in [5.41, 5.74) is -1.27. The van der Waals surface area contributed by atoms with Crippen LogP contribution in [0.15, 0.2) is 36.7 Å². The standard InChI is InChI=1S/C13H11F3N2O2/c1-20-12-10(17-6-7-18-12)11(19)8-4-2-3-5-9(8)13(14,15)16/h2-7,11,19H,1H3. The van der Waals surface area contributed by atoms with Crippen molar-refractivity contribution in [3.05, 3.63) is 53.5 Å². The number of alkyl halides is 3. The zero-order chi connectivity index (χ0) is 14.8. The molecule has 0 saturated heterocycles. The van der Waals surface area contributed by atoms with Gasteiger partial charge in [0, 0.05) is 12.4 Å². The number of ether oxygens (including phenoxy) is 1. The van der Waals surface area contributed by atoms with E-state index < -0.39 is 17.8 Å². The second kappa shape index (κ2) is 5.46. The van der Waals surface area contributed by atoms with E-state index in [1.165, 1.54) is 37.7 Å². The van der Waals surface area contributed by atoms with Gasteiger partial charge in [0.1, 0.15) is 11.8 Å². The Morgan fingerprint density at radius 3 is 2.45 bits per heavy atom. The van der Waals surface area contributed by atoms with Crippen LogP contribution < -0.4 is 4.74 Å². The van der Waals surface area contributed by atoms with Crippen LogP contribution in [-0.4, -0.2) is 22.2 Å². The lowest BCUT2D eigenvalue weighted by Gasteiger charge is -2.17. The van der Waals surface area contributed by atoms with Crippen molar-refractivity contribution in [1.82, 2.24) is 9.97 Å². The first-order chi connectivity index (χ1) is 9.45. The molecule has 0 amide bonds. The van der Waals surface area contributed by atoms with Crippen molar-refractivity contribution in [2.75, 3.05) is 7.11 Å². The largest absolute Gasteiger partial charge is 0.480 e. The summed E-state index contributed by atoms with van der Waals surface area (Å²) in [6.07, 6.45) is -3.54. The van der Waals surface area contributed by atoms with Gasteiger partial charge >= 0.3 is 6.18 Å². The molecule has 0 radical (unpaired) electrons. The molecule has 1 aromatic heterocycles. The summed E-state index contributed by atoms with van der Waals surface area (Å²) in [6.45, 7) is 0. The molecule has 0 saturated carbocycles. The molecular weight excluding hydrogens is 273 g/mol. The van der Waals surface area contributed by atoms with Crippen molar-refractivity contribution in [2.24, 2.45) is 0 Å². The smallest absolute Gasteiger partial charge is 0.416 e. The van der Waals surface area contributed by atoms with Crippen molar-refractivity contribution in [3.8, 4) is 5.88 Å². The highest BCUT2D eigenvalue weighted by atomic mass is 19.4. The number of hydrogen-bond donors (Lipinski definition) is 1. The van der Waals surface area contributed by atoms with Crippen molar-refractivity contribution < 1.29 is 23.0 Å². The van der Waals surface area contributed by atoms with Gasteiger partial charge in [0.25, 0.3) is 0 Å². The Morgan fingerprint density at radius 2 is 1.80 bits per heavy atom. The fraction of sp³-hybridized carbons (Fsp3) is 0.231. The Morgan fingerprint density at radius 1 is 1.15 bits per heavy atom. The Hall–Kier alpha value is -2.15. The third-order valence-electron chi connectivity index (χ3n) is 2.70. The van der Waals surface area contributed by atoms with Gasteiger partial charge in [-0.1, -0.05) is 18.2 Å². The minimum absolute atomic E-state index is 0.0167. The van der Waals surface area contributed by atoms with E-state index in [9.17, 15) is 18.3 Å². The summed E-state index contributed by atoms with van der Waals surface area (Å²) in [4.78, 5) is 7.65. The predicted molar refractivity (Wildman–Crippen MR) is 64.1 cm³/mol. The van der Waals surface area contributed by atoms with E-state index in [0.29, 0.717) is 0 Å². The van der Waals surface area contributed by atoms with Crippen LogP contribution in [0.2, 0.25) is 0 Å². The Bertz CT molecular complexity index is 602. The van der Waals surface area contributed by atoms with Crippen LogP contribution in [0.4, 0.5) is 13.2 Å². The molecule has 106 valence electrons. The summed E-state index contributed by atoms with van der Waals surface area (Å²) >= 11 is 0. The lowest BCUT2D eigenvalue weighted by atomic mass is 10.00. The van der Waals surface area contributed by atoms with Crippen molar-refractivity contribution in [2.45, 2.75) is 12.3 Å².